The molecule has 1 aliphatic rings. The van der Waals surface area contributed by atoms with E-state index in [0.29, 0.717) is 16.9 Å². The monoisotopic (exact) mass is 472 g/mol. The number of nitrogens with one attached hydrogen (secondary N) is 3. The molecule has 4 rings (SSSR count). The van der Waals surface area contributed by atoms with Gasteiger partial charge in [-0.1, -0.05) is 72.8 Å². The van der Waals surface area contributed by atoms with Gasteiger partial charge in [-0.15, -0.1) is 0 Å². The summed E-state index contributed by atoms with van der Waals surface area (Å²) in [6, 6.07) is 21.2. The molecule has 4 N–H and O–H groups in total. The topological polar surface area (TPSA) is 128 Å². The Balaban J connectivity index is 1.58. The molecule has 1 heterocycles. The Labute approximate surface area is 201 Å². The zero-order valence-electron chi connectivity index (χ0n) is 18.7. The Morgan fingerprint density at radius 1 is 0.886 bits per heavy atom. The van der Waals surface area contributed by atoms with Crippen LogP contribution in [-0.2, 0) is 20.8 Å². The van der Waals surface area contributed by atoms with Crippen LogP contribution in [0.15, 0.2) is 84.9 Å². The van der Waals surface area contributed by atoms with E-state index in [9.17, 15) is 24.3 Å². The predicted molar refractivity (Wildman–Crippen MR) is 130 cm³/mol. The van der Waals surface area contributed by atoms with Gasteiger partial charge >= 0.3 is 12.0 Å². The maximum absolute atomic E-state index is 13.3. The van der Waals surface area contributed by atoms with Crippen LogP contribution >= 0.6 is 0 Å². The van der Waals surface area contributed by atoms with E-state index in [1.807, 2.05) is 18.2 Å². The first-order valence-corrected chi connectivity index (χ1v) is 11.0. The number of hydrogen-bond donors (Lipinski definition) is 4. The maximum Gasteiger partial charge on any atom is 0.330 e. The van der Waals surface area contributed by atoms with E-state index < -0.39 is 30.0 Å². The van der Waals surface area contributed by atoms with Crippen LogP contribution in [0.5, 0.6) is 0 Å². The van der Waals surface area contributed by atoms with Gasteiger partial charge in [0.15, 0.2) is 6.04 Å². The van der Waals surface area contributed by atoms with E-state index in [1.54, 1.807) is 66.7 Å². The molecule has 3 aromatic carbocycles. The average molecular weight is 473 g/mol. The number of carboxylic acids is 1. The Morgan fingerprint density at radius 3 is 2.20 bits per heavy atom. The van der Waals surface area contributed by atoms with Gasteiger partial charge < -0.3 is 21.1 Å². The van der Waals surface area contributed by atoms with Crippen molar-refractivity contribution in [2.75, 3.05) is 16.8 Å². The van der Waals surface area contributed by atoms with E-state index in [2.05, 4.69) is 16.0 Å². The molecule has 0 aromatic heterocycles. The Hall–Kier alpha value is -4.66. The first kappa shape index (κ1) is 23.5. The van der Waals surface area contributed by atoms with E-state index in [0.717, 1.165) is 5.56 Å². The zero-order valence-corrected chi connectivity index (χ0v) is 18.7. The molecule has 0 aliphatic carbocycles. The normalized spacial score (nSPS) is 14.2. The summed E-state index contributed by atoms with van der Waals surface area (Å²) in [6.07, 6.45) is 0.126. The quantitative estimate of drug-likeness (QED) is 0.420. The number of hydrogen-bond acceptors (Lipinski definition) is 4. The highest BCUT2D eigenvalue weighted by molar-refractivity contribution is 6.10. The lowest BCUT2D eigenvalue weighted by molar-refractivity contribution is -0.142. The van der Waals surface area contributed by atoms with Gasteiger partial charge in [-0.2, -0.15) is 0 Å². The van der Waals surface area contributed by atoms with Crippen LogP contribution in [0.3, 0.4) is 0 Å². The highest BCUT2D eigenvalue weighted by atomic mass is 16.4. The number of fused-ring (bicyclic) bond motifs is 1. The van der Waals surface area contributed by atoms with Gasteiger partial charge in [0, 0.05) is 6.42 Å². The Bertz CT molecular complexity index is 1230. The molecule has 0 saturated carbocycles. The third-order valence-corrected chi connectivity index (χ3v) is 5.58. The van der Waals surface area contributed by atoms with E-state index in [-0.39, 0.29) is 18.9 Å². The number of benzene rings is 3. The highest BCUT2D eigenvalue weighted by Gasteiger charge is 2.32. The minimum absolute atomic E-state index is 0.126. The molecular formula is C26H24N4O5. The van der Waals surface area contributed by atoms with Gasteiger partial charge in [-0.3, -0.25) is 14.5 Å². The number of aliphatic carboxylic acids is 1. The van der Waals surface area contributed by atoms with Gasteiger partial charge in [0.1, 0.15) is 12.6 Å². The molecule has 0 spiro atoms. The van der Waals surface area contributed by atoms with Crippen LogP contribution in [0, 0.1) is 0 Å². The molecule has 35 heavy (non-hydrogen) atoms. The molecule has 3 aromatic rings. The van der Waals surface area contributed by atoms with Crippen LogP contribution in [0.4, 0.5) is 16.2 Å². The summed E-state index contributed by atoms with van der Waals surface area (Å²) in [5.74, 6) is -2.25. The third-order valence-electron chi connectivity index (χ3n) is 5.58. The number of rotatable bonds is 7. The van der Waals surface area contributed by atoms with Crippen molar-refractivity contribution in [2.24, 2.45) is 0 Å². The number of urea groups is 1. The second kappa shape index (κ2) is 10.5. The molecular weight excluding hydrogens is 448 g/mol. The lowest BCUT2D eigenvalue weighted by atomic mass is 10.0. The zero-order chi connectivity index (χ0) is 24.8. The molecule has 0 bridgehead atoms. The van der Waals surface area contributed by atoms with Crippen molar-refractivity contribution in [3.05, 3.63) is 96.1 Å². The summed E-state index contributed by atoms with van der Waals surface area (Å²) < 4.78 is 0. The van der Waals surface area contributed by atoms with Gasteiger partial charge in [-0.25, -0.2) is 9.59 Å². The fraction of sp³-hybridized carbons (Fsp3) is 0.154. The van der Waals surface area contributed by atoms with E-state index in [4.69, 9.17) is 0 Å². The van der Waals surface area contributed by atoms with Crippen molar-refractivity contribution in [1.29, 1.82) is 0 Å². The minimum Gasteiger partial charge on any atom is -0.479 e. The number of anilines is 2. The average Bonchev–Trinajstić information content (AvgIpc) is 2.87. The molecule has 178 valence electrons. The Morgan fingerprint density at radius 2 is 1.51 bits per heavy atom. The standard InChI is InChI=1S/C26H24N4O5/c31-22-16-30(21-14-8-7-13-19(21)27-22)26(35)28-20(15-17-9-3-1-4-10-17)24(32)29-23(25(33)34)18-11-5-2-6-12-18/h1-14,20,23H,15-16H2,(H,27,31)(H,28,35)(H,29,32)(H,33,34)/t20-,23+/m0/s1. The second-order valence-electron chi connectivity index (χ2n) is 8.03. The predicted octanol–water partition coefficient (Wildman–Crippen LogP) is 2.71. The molecule has 4 amide bonds. The molecule has 0 fully saturated rings. The van der Waals surface area contributed by atoms with E-state index in [1.165, 1.54) is 4.90 Å². The fourth-order valence-corrected chi connectivity index (χ4v) is 3.88. The molecule has 1 aliphatic heterocycles. The van der Waals surface area contributed by atoms with Gasteiger partial charge in [0.2, 0.25) is 11.8 Å². The number of carbonyl (C=O) groups is 4. The number of carboxylic acid groups (broad SMARTS) is 1. The summed E-state index contributed by atoms with van der Waals surface area (Å²) in [5.41, 5.74) is 2.16. The summed E-state index contributed by atoms with van der Waals surface area (Å²) in [6.45, 7) is -0.218. The van der Waals surface area contributed by atoms with Crippen LogP contribution in [0.25, 0.3) is 0 Å². The first-order valence-electron chi connectivity index (χ1n) is 11.0. The number of amides is 4. The molecule has 0 saturated heterocycles. The van der Waals surface area contributed by atoms with Gasteiger partial charge in [-0.05, 0) is 23.3 Å². The number of para-hydroxylation sites is 2. The highest BCUT2D eigenvalue weighted by Crippen LogP contribution is 2.29. The van der Waals surface area contributed by atoms with Crippen molar-refractivity contribution >= 4 is 35.2 Å². The van der Waals surface area contributed by atoms with Crippen molar-refractivity contribution in [2.45, 2.75) is 18.5 Å². The van der Waals surface area contributed by atoms with Crippen molar-refractivity contribution in [1.82, 2.24) is 10.6 Å². The van der Waals surface area contributed by atoms with Crippen LogP contribution in [0.2, 0.25) is 0 Å². The van der Waals surface area contributed by atoms with Gasteiger partial charge in [0.25, 0.3) is 0 Å². The largest absolute Gasteiger partial charge is 0.479 e. The fourth-order valence-electron chi connectivity index (χ4n) is 3.88. The Kier molecular flexibility index (Phi) is 7.06. The second-order valence-corrected chi connectivity index (χ2v) is 8.03. The molecule has 2 atom stereocenters. The number of carbonyl (C=O) groups excluding carboxylic acids is 3. The minimum atomic E-state index is -1.29. The van der Waals surface area contributed by atoms with Crippen molar-refractivity contribution in [3.63, 3.8) is 0 Å². The van der Waals surface area contributed by atoms with Crippen LogP contribution < -0.4 is 20.9 Å². The smallest absolute Gasteiger partial charge is 0.330 e. The van der Waals surface area contributed by atoms with Gasteiger partial charge in [0.05, 0.1) is 11.4 Å². The lowest BCUT2D eigenvalue weighted by Gasteiger charge is -2.31. The molecule has 9 heteroatoms. The molecule has 0 unspecified atom stereocenters. The van der Waals surface area contributed by atoms with Crippen LogP contribution in [-0.4, -0.2) is 41.5 Å². The molecule has 0 radical (unpaired) electrons. The molecule has 9 nitrogen and oxygen atoms in total. The number of nitrogens with zero attached hydrogens (tertiary/aromatic N) is 1. The maximum atomic E-state index is 13.3. The summed E-state index contributed by atoms with van der Waals surface area (Å²) in [4.78, 5) is 51.8. The third kappa shape index (κ3) is 5.64. The lowest BCUT2D eigenvalue weighted by Crippen LogP contribution is -2.55. The summed E-state index contributed by atoms with van der Waals surface area (Å²) >= 11 is 0. The van der Waals surface area contributed by atoms with Crippen LogP contribution in [0.1, 0.15) is 17.2 Å². The summed E-state index contributed by atoms with van der Waals surface area (Å²) in [7, 11) is 0. The summed E-state index contributed by atoms with van der Waals surface area (Å²) in [5, 5.41) is 17.7. The SMILES string of the molecule is O=C1CN(C(=O)N[C@@H](Cc2ccccc2)C(=O)N[C@@H](C(=O)O)c2ccccc2)c2ccccc2N1. The van der Waals surface area contributed by atoms with Crippen molar-refractivity contribution in [3.8, 4) is 0 Å². The van der Waals surface area contributed by atoms with Crippen molar-refractivity contribution < 1.29 is 24.3 Å². The first-order chi connectivity index (χ1) is 16.9. The van der Waals surface area contributed by atoms with E-state index >= 15 is 0 Å².